The van der Waals surface area contributed by atoms with Crippen LogP contribution in [-0.2, 0) is 14.8 Å². The molecule has 11 heteroatoms. The molecule has 0 unspecified atom stereocenters. The summed E-state index contributed by atoms with van der Waals surface area (Å²) < 4.78 is 33.6. The zero-order chi connectivity index (χ0) is 25.3. The van der Waals surface area contributed by atoms with Crippen LogP contribution in [0.25, 0.3) is 11.4 Å². The molecule has 36 heavy (non-hydrogen) atoms. The molecule has 9 nitrogen and oxygen atoms in total. The number of anilines is 1. The van der Waals surface area contributed by atoms with Crippen molar-refractivity contribution in [2.75, 3.05) is 44.2 Å². The van der Waals surface area contributed by atoms with E-state index in [-0.39, 0.29) is 28.3 Å². The van der Waals surface area contributed by atoms with Gasteiger partial charge in [0.25, 0.3) is 0 Å². The van der Waals surface area contributed by atoms with Gasteiger partial charge in [-0.1, -0.05) is 35.0 Å². The second kappa shape index (κ2) is 10.2. The molecule has 2 saturated heterocycles. The molecular weight excluding hydrogens is 502 g/mol. The van der Waals surface area contributed by atoms with E-state index in [9.17, 15) is 13.2 Å². The fourth-order valence-electron chi connectivity index (χ4n) is 4.84. The van der Waals surface area contributed by atoms with Gasteiger partial charge >= 0.3 is 0 Å². The SMILES string of the molecule is Cc1nc(-c2ccc(Cl)c(S(=O)(=O)N3CCC[C@@H](C(=O)N4CCN(c5ccccc5)CC4)C3)c2)no1. The molecule has 0 radical (unpaired) electrons. The van der Waals surface area contributed by atoms with Gasteiger partial charge in [0.1, 0.15) is 4.90 Å². The molecule has 2 aliphatic heterocycles. The van der Waals surface area contributed by atoms with E-state index in [4.69, 9.17) is 16.1 Å². The Labute approximate surface area is 215 Å². The van der Waals surface area contributed by atoms with Crippen molar-refractivity contribution in [3.8, 4) is 11.4 Å². The van der Waals surface area contributed by atoms with Crippen molar-refractivity contribution in [1.29, 1.82) is 0 Å². The zero-order valence-electron chi connectivity index (χ0n) is 20.0. The smallest absolute Gasteiger partial charge is 0.244 e. The summed E-state index contributed by atoms with van der Waals surface area (Å²) in [5, 5.41) is 3.99. The highest BCUT2D eigenvalue weighted by Gasteiger charge is 2.37. The summed E-state index contributed by atoms with van der Waals surface area (Å²) in [5.41, 5.74) is 1.64. The summed E-state index contributed by atoms with van der Waals surface area (Å²) in [6.45, 7) is 4.89. The van der Waals surface area contributed by atoms with Gasteiger partial charge in [-0.25, -0.2) is 8.42 Å². The molecule has 190 valence electrons. The number of hydrogen-bond acceptors (Lipinski definition) is 7. The van der Waals surface area contributed by atoms with Crippen LogP contribution < -0.4 is 4.90 Å². The molecule has 1 atom stereocenters. The van der Waals surface area contributed by atoms with Crippen molar-refractivity contribution in [2.24, 2.45) is 5.92 Å². The number of halogens is 1. The fourth-order valence-corrected chi connectivity index (χ4v) is 6.86. The van der Waals surface area contributed by atoms with Gasteiger partial charge < -0.3 is 14.3 Å². The Bertz CT molecular complexity index is 1340. The Morgan fingerprint density at radius 1 is 1.06 bits per heavy atom. The van der Waals surface area contributed by atoms with E-state index in [1.807, 2.05) is 23.1 Å². The van der Waals surface area contributed by atoms with Crippen LogP contribution in [0.1, 0.15) is 18.7 Å². The van der Waals surface area contributed by atoms with Crippen molar-refractivity contribution in [2.45, 2.75) is 24.7 Å². The molecule has 0 aliphatic carbocycles. The van der Waals surface area contributed by atoms with Crippen molar-refractivity contribution >= 4 is 33.2 Å². The minimum atomic E-state index is -3.92. The van der Waals surface area contributed by atoms with Crippen molar-refractivity contribution < 1.29 is 17.7 Å². The number of benzene rings is 2. The lowest BCUT2D eigenvalue weighted by Gasteiger charge is -2.39. The summed E-state index contributed by atoms with van der Waals surface area (Å²) in [6.07, 6.45) is 1.28. The molecule has 2 aliphatic rings. The van der Waals surface area contributed by atoms with E-state index in [2.05, 4.69) is 27.2 Å². The number of carbonyl (C=O) groups excluding carboxylic acids is 1. The number of rotatable bonds is 5. The van der Waals surface area contributed by atoms with Crippen molar-refractivity contribution in [3.63, 3.8) is 0 Å². The van der Waals surface area contributed by atoms with Crippen LogP contribution in [0.15, 0.2) is 57.9 Å². The number of nitrogens with zero attached hydrogens (tertiary/aromatic N) is 5. The first-order valence-corrected chi connectivity index (χ1v) is 13.8. The quantitative estimate of drug-likeness (QED) is 0.499. The van der Waals surface area contributed by atoms with Gasteiger partial charge in [0.15, 0.2) is 0 Å². The first kappa shape index (κ1) is 24.7. The molecule has 0 bridgehead atoms. The monoisotopic (exact) mass is 529 g/mol. The minimum absolute atomic E-state index is 0.0183. The molecule has 5 rings (SSSR count). The Kier molecular flexibility index (Phi) is 7.00. The minimum Gasteiger partial charge on any atom is -0.368 e. The van der Waals surface area contributed by atoms with Crippen LogP contribution in [0.3, 0.4) is 0 Å². The van der Waals surface area contributed by atoms with Crippen molar-refractivity contribution in [1.82, 2.24) is 19.3 Å². The number of amides is 1. The number of piperazine rings is 1. The van der Waals surface area contributed by atoms with Gasteiger partial charge in [0.05, 0.1) is 10.9 Å². The highest BCUT2D eigenvalue weighted by molar-refractivity contribution is 7.89. The lowest BCUT2D eigenvalue weighted by Crippen LogP contribution is -2.53. The third-order valence-electron chi connectivity index (χ3n) is 6.78. The highest BCUT2D eigenvalue weighted by atomic mass is 35.5. The maximum Gasteiger partial charge on any atom is 0.244 e. The van der Waals surface area contributed by atoms with Gasteiger partial charge in [-0.05, 0) is 43.2 Å². The zero-order valence-corrected chi connectivity index (χ0v) is 21.6. The Balaban J connectivity index is 1.28. The average Bonchev–Trinajstić information content (AvgIpc) is 3.35. The van der Waals surface area contributed by atoms with Crippen LogP contribution in [0.4, 0.5) is 5.69 Å². The van der Waals surface area contributed by atoms with E-state index in [1.165, 1.54) is 16.4 Å². The summed E-state index contributed by atoms with van der Waals surface area (Å²) in [4.78, 5) is 21.6. The number of aromatic nitrogens is 2. The molecule has 1 aromatic heterocycles. The molecule has 3 aromatic rings. The molecular formula is C25H28ClN5O4S. The summed E-state index contributed by atoms with van der Waals surface area (Å²) in [5.74, 6) is 0.316. The topological polar surface area (TPSA) is 99.8 Å². The molecule has 3 heterocycles. The second-order valence-electron chi connectivity index (χ2n) is 9.13. The van der Waals surface area contributed by atoms with Crippen LogP contribution >= 0.6 is 11.6 Å². The third-order valence-corrected chi connectivity index (χ3v) is 9.13. The van der Waals surface area contributed by atoms with E-state index in [0.717, 1.165) is 18.8 Å². The molecule has 0 saturated carbocycles. The number of carbonyl (C=O) groups is 1. The normalized spacial score (nSPS) is 19.4. The van der Waals surface area contributed by atoms with Crippen LogP contribution in [0.2, 0.25) is 5.02 Å². The predicted octanol–water partition coefficient (Wildman–Crippen LogP) is 3.45. The van der Waals surface area contributed by atoms with Gasteiger partial charge in [-0.15, -0.1) is 0 Å². The largest absolute Gasteiger partial charge is 0.368 e. The molecule has 1 amide bonds. The van der Waals surface area contributed by atoms with E-state index >= 15 is 0 Å². The number of hydrogen-bond donors (Lipinski definition) is 0. The molecule has 2 aromatic carbocycles. The second-order valence-corrected chi connectivity index (χ2v) is 11.4. The molecule has 2 fully saturated rings. The Morgan fingerprint density at radius 2 is 1.81 bits per heavy atom. The summed E-state index contributed by atoms with van der Waals surface area (Å²) >= 11 is 6.33. The summed E-state index contributed by atoms with van der Waals surface area (Å²) in [6, 6.07) is 14.8. The maximum absolute atomic E-state index is 13.6. The van der Waals surface area contributed by atoms with Gasteiger partial charge in [0, 0.05) is 57.4 Å². The fraction of sp³-hybridized carbons (Fsp3) is 0.400. The van der Waals surface area contributed by atoms with E-state index in [0.29, 0.717) is 49.8 Å². The number of piperidine rings is 1. The van der Waals surface area contributed by atoms with E-state index in [1.54, 1.807) is 13.0 Å². The average molecular weight is 530 g/mol. The van der Waals surface area contributed by atoms with Gasteiger partial charge in [-0.3, -0.25) is 4.79 Å². The van der Waals surface area contributed by atoms with Gasteiger partial charge in [-0.2, -0.15) is 9.29 Å². The lowest BCUT2D eigenvalue weighted by molar-refractivity contribution is -0.137. The first-order chi connectivity index (χ1) is 17.3. The van der Waals surface area contributed by atoms with Crippen LogP contribution in [-0.4, -0.2) is 72.9 Å². The predicted molar refractivity (Wildman–Crippen MR) is 136 cm³/mol. The Morgan fingerprint density at radius 3 is 2.50 bits per heavy atom. The van der Waals surface area contributed by atoms with E-state index < -0.39 is 10.0 Å². The summed E-state index contributed by atoms with van der Waals surface area (Å²) in [7, 11) is -3.92. The lowest BCUT2D eigenvalue weighted by atomic mass is 9.97. The number of para-hydroxylation sites is 1. The highest BCUT2D eigenvalue weighted by Crippen LogP contribution is 2.32. The first-order valence-electron chi connectivity index (χ1n) is 12.0. The maximum atomic E-state index is 13.6. The van der Waals surface area contributed by atoms with Crippen LogP contribution in [0, 0.1) is 12.8 Å². The Hall–Kier alpha value is -2.95. The third kappa shape index (κ3) is 4.98. The number of aryl methyl sites for hydroxylation is 1. The molecule has 0 N–H and O–H groups in total. The van der Waals surface area contributed by atoms with Gasteiger partial charge in [0.2, 0.25) is 27.6 Å². The molecule has 0 spiro atoms. The van der Waals surface area contributed by atoms with Crippen molar-refractivity contribution in [3.05, 3.63) is 59.4 Å². The standard InChI is InChI=1S/C25H28ClN5O4S/c1-18-27-24(28-35-18)19-9-10-22(26)23(16-19)36(33,34)31-11-5-6-20(17-31)25(32)30-14-12-29(13-15-30)21-7-3-2-4-8-21/h2-4,7-10,16,20H,5-6,11-15,17H2,1H3/t20-/m1/s1. The number of sulfonamides is 1. The van der Waals surface area contributed by atoms with Crippen LogP contribution in [0.5, 0.6) is 0 Å².